The van der Waals surface area contributed by atoms with Gasteiger partial charge in [-0.2, -0.15) is 8.78 Å². The second-order valence-electron chi connectivity index (χ2n) is 6.97. The summed E-state index contributed by atoms with van der Waals surface area (Å²) in [6.45, 7) is -0.244. The largest absolute Gasteiger partial charge is 0.390 e. The SMILES string of the molecule is C[C@@H](NC(=O)c1ccc(=O)n(-c2cccc(F)c2F)c1)c1cccc(C(F)(F)CO)c1F. The minimum Gasteiger partial charge on any atom is -0.390 e. The van der Waals surface area contributed by atoms with E-state index in [9.17, 15) is 31.5 Å². The van der Waals surface area contributed by atoms with Crippen molar-refractivity contribution in [2.45, 2.75) is 18.9 Å². The summed E-state index contributed by atoms with van der Waals surface area (Å²) in [5, 5.41) is 11.2. The first-order valence-corrected chi connectivity index (χ1v) is 9.32. The summed E-state index contributed by atoms with van der Waals surface area (Å²) < 4.78 is 70.5. The van der Waals surface area contributed by atoms with Crippen LogP contribution in [0.1, 0.15) is 34.5 Å². The van der Waals surface area contributed by atoms with E-state index >= 15 is 0 Å². The molecule has 0 aliphatic heterocycles. The molecule has 0 saturated heterocycles. The van der Waals surface area contributed by atoms with Gasteiger partial charge in [-0.05, 0) is 31.2 Å². The molecule has 3 aromatic rings. The monoisotopic (exact) mass is 452 g/mol. The fraction of sp³-hybridized carbons (Fsp3) is 0.182. The quantitative estimate of drug-likeness (QED) is 0.559. The van der Waals surface area contributed by atoms with Gasteiger partial charge in [0.2, 0.25) is 0 Å². The van der Waals surface area contributed by atoms with Crippen LogP contribution in [0.3, 0.4) is 0 Å². The Balaban J connectivity index is 1.91. The van der Waals surface area contributed by atoms with E-state index < -0.39 is 58.7 Å². The number of rotatable bonds is 6. The molecular formula is C22H17F5N2O3. The Hall–Kier alpha value is -3.53. The average molecular weight is 452 g/mol. The lowest BCUT2D eigenvalue weighted by Gasteiger charge is -2.20. The van der Waals surface area contributed by atoms with Crippen LogP contribution >= 0.6 is 0 Å². The number of carbonyl (C=O) groups is 1. The van der Waals surface area contributed by atoms with Crippen LogP contribution in [0, 0.1) is 17.5 Å². The zero-order chi connectivity index (χ0) is 23.6. The first-order valence-electron chi connectivity index (χ1n) is 9.32. The Labute approximate surface area is 178 Å². The number of aliphatic hydroxyl groups is 1. The molecule has 1 atom stereocenters. The van der Waals surface area contributed by atoms with Crippen molar-refractivity contribution in [3.8, 4) is 5.69 Å². The third-order valence-corrected chi connectivity index (χ3v) is 4.80. The summed E-state index contributed by atoms with van der Waals surface area (Å²) >= 11 is 0. The number of nitrogens with zero attached hydrogens (tertiary/aromatic N) is 1. The highest BCUT2D eigenvalue weighted by Gasteiger charge is 2.35. The Morgan fingerprint density at radius 1 is 1.06 bits per heavy atom. The van der Waals surface area contributed by atoms with Gasteiger partial charge in [-0.25, -0.2) is 13.2 Å². The van der Waals surface area contributed by atoms with E-state index in [-0.39, 0.29) is 11.1 Å². The molecule has 2 N–H and O–H groups in total. The zero-order valence-electron chi connectivity index (χ0n) is 16.6. The molecular weight excluding hydrogens is 435 g/mol. The van der Waals surface area contributed by atoms with Gasteiger partial charge in [0.1, 0.15) is 12.4 Å². The van der Waals surface area contributed by atoms with Gasteiger partial charge in [0.15, 0.2) is 11.6 Å². The van der Waals surface area contributed by atoms with Gasteiger partial charge in [0.05, 0.1) is 22.9 Å². The summed E-state index contributed by atoms with van der Waals surface area (Å²) in [6.07, 6.45) is 0.981. The second kappa shape index (κ2) is 8.91. The first-order chi connectivity index (χ1) is 15.1. The number of halogens is 5. The van der Waals surface area contributed by atoms with Gasteiger partial charge < -0.3 is 10.4 Å². The molecule has 0 aliphatic rings. The highest BCUT2D eigenvalue weighted by atomic mass is 19.3. The Kier molecular flexibility index (Phi) is 6.45. The van der Waals surface area contributed by atoms with Crippen molar-refractivity contribution < 1.29 is 31.9 Å². The number of nitrogens with one attached hydrogen (secondary N) is 1. The topological polar surface area (TPSA) is 71.3 Å². The maximum absolute atomic E-state index is 14.6. The van der Waals surface area contributed by atoms with E-state index in [1.54, 1.807) is 0 Å². The molecule has 168 valence electrons. The summed E-state index contributed by atoms with van der Waals surface area (Å²) in [5.41, 5.74) is -2.56. The van der Waals surface area contributed by atoms with Crippen molar-refractivity contribution in [2.24, 2.45) is 0 Å². The summed E-state index contributed by atoms with van der Waals surface area (Å²) in [5.74, 6) is -8.39. The standard InChI is InChI=1S/C22H17F5N2O3/c1-12(14-4-2-5-15(19(14)24)22(26,27)11-30)28-21(32)13-8-9-18(31)29(10-13)17-7-3-6-16(23)20(17)25/h2-10,12,30H,11H2,1H3,(H,28,32)/t12-/m1/s1. The lowest BCUT2D eigenvalue weighted by Crippen LogP contribution is -2.30. The van der Waals surface area contributed by atoms with E-state index in [4.69, 9.17) is 5.11 Å². The van der Waals surface area contributed by atoms with Gasteiger partial charge in [-0.3, -0.25) is 14.2 Å². The van der Waals surface area contributed by atoms with Crippen molar-refractivity contribution in [1.29, 1.82) is 0 Å². The van der Waals surface area contributed by atoms with Crippen molar-refractivity contribution in [3.05, 3.63) is 99.2 Å². The van der Waals surface area contributed by atoms with Crippen LogP contribution in [0.25, 0.3) is 5.69 Å². The van der Waals surface area contributed by atoms with Crippen LogP contribution in [0.2, 0.25) is 0 Å². The predicted octanol–water partition coefficient (Wildman–Crippen LogP) is 3.83. The fourth-order valence-corrected chi connectivity index (χ4v) is 3.10. The Bertz CT molecular complexity index is 1230. The molecule has 0 saturated carbocycles. The minimum absolute atomic E-state index is 0.141. The smallest absolute Gasteiger partial charge is 0.298 e. The minimum atomic E-state index is -3.81. The lowest BCUT2D eigenvalue weighted by molar-refractivity contribution is -0.0584. The number of hydrogen-bond acceptors (Lipinski definition) is 3. The van der Waals surface area contributed by atoms with Crippen LogP contribution in [-0.2, 0) is 5.92 Å². The van der Waals surface area contributed by atoms with Crippen LogP contribution in [-0.4, -0.2) is 22.2 Å². The maximum Gasteiger partial charge on any atom is 0.298 e. The molecule has 3 rings (SSSR count). The van der Waals surface area contributed by atoms with Crippen LogP contribution in [0.5, 0.6) is 0 Å². The van der Waals surface area contributed by atoms with Gasteiger partial charge in [-0.15, -0.1) is 0 Å². The summed E-state index contributed by atoms with van der Waals surface area (Å²) in [4.78, 5) is 24.7. The predicted molar refractivity (Wildman–Crippen MR) is 105 cm³/mol. The van der Waals surface area contributed by atoms with E-state index in [2.05, 4.69) is 5.32 Å². The molecule has 1 heterocycles. The lowest BCUT2D eigenvalue weighted by atomic mass is 10.00. The molecule has 0 radical (unpaired) electrons. The number of benzene rings is 2. The number of pyridine rings is 1. The molecule has 0 spiro atoms. The van der Waals surface area contributed by atoms with E-state index in [0.717, 1.165) is 47.2 Å². The molecule has 32 heavy (non-hydrogen) atoms. The molecule has 2 aromatic carbocycles. The van der Waals surface area contributed by atoms with E-state index in [1.807, 2.05) is 0 Å². The van der Waals surface area contributed by atoms with E-state index in [0.29, 0.717) is 0 Å². The summed E-state index contributed by atoms with van der Waals surface area (Å²) in [7, 11) is 0. The third kappa shape index (κ3) is 4.40. The highest BCUT2D eigenvalue weighted by Crippen LogP contribution is 2.32. The molecule has 0 fully saturated rings. The molecule has 10 heteroatoms. The average Bonchev–Trinajstić information content (AvgIpc) is 2.76. The Morgan fingerprint density at radius 2 is 1.75 bits per heavy atom. The number of amides is 1. The fourth-order valence-electron chi connectivity index (χ4n) is 3.10. The molecule has 0 bridgehead atoms. The number of aromatic nitrogens is 1. The highest BCUT2D eigenvalue weighted by molar-refractivity contribution is 5.94. The van der Waals surface area contributed by atoms with Gasteiger partial charge in [-0.1, -0.05) is 18.2 Å². The third-order valence-electron chi connectivity index (χ3n) is 4.80. The van der Waals surface area contributed by atoms with Gasteiger partial charge >= 0.3 is 0 Å². The van der Waals surface area contributed by atoms with Crippen molar-refractivity contribution in [3.63, 3.8) is 0 Å². The first kappa shape index (κ1) is 23.1. The summed E-state index contributed by atoms with van der Waals surface area (Å²) in [6, 6.07) is 7.39. The molecule has 1 amide bonds. The molecule has 0 unspecified atom stereocenters. The normalized spacial score (nSPS) is 12.5. The van der Waals surface area contributed by atoms with Crippen LogP contribution in [0.15, 0.2) is 59.5 Å². The maximum atomic E-state index is 14.6. The molecule has 1 aromatic heterocycles. The van der Waals surface area contributed by atoms with Crippen molar-refractivity contribution in [2.75, 3.05) is 6.61 Å². The van der Waals surface area contributed by atoms with Crippen molar-refractivity contribution >= 4 is 5.91 Å². The van der Waals surface area contributed by atoms with Gasteiger partial charge in [0.25, 0.3) is 17.4 Å². The number of alkyl halides is 2. The van der Waals surface area contributed by atoms with Gasteiger partial charge in [0, 0.05) is 17.8 Å². The number of carbonyl (C=O) groups excluding carboxylic acids is 1. The van der Waals surface area contributed by atoms with Crippen LogP contribution < -0.4 is 10.9 Å². The van der Waals surface area contributed by atoms with E-state index in [1.165, 1.54) is 19.1 Å². The second-order valence-corrected chi connectivity index (χ2v) is 6.97. The number of aliphatic hydroxyl groups excluding tert-OH is 1. The number of hydrogen-bond donors (Lipinski definition) is 2. The van der Waals surface area contributed by atoms with Crippen LogP contribution in [0.4, 0.5) is 22.0 Å². The Morgan fingerprint density at radius 3 is 2.44 bits per heavy atom. The van der Waals surface area contributed by atoms with Crippen molar-refractivity contribution in [1.82, 2.24) is 9.88 Å². The zero-order valence-corrected chi connectivity index (χ0v) is 16.6. The molecule has 0 aliphatic carbocycles. The molecule has 5 nitrogen and oxygen atoms in total.